The van der Waals surface area contributed by atoms with Crippen LogP contribution in [0.25, 0.3) is 0 Å². The van der Waals surface area contributed by atoms with E-state index in [4.69, 9.17) is 4.74 Å². The fraction of sp³-hybridized carbons (Fsp3) is 0.222. The average molecular weight is 343 g/mol. The summed E-state index contributed by atoms with van der Waals surface area (Å²) in [6, 6.07) is 16.1. The molecule has 0 bridgehead atoms. The summed E-state index contributed by atoms with van der Waals surface area (Å²) >= 11 is 1.56. The van der Waals surface area contributed by atoms with Crippen molar-refractivity contribution in [3.8, 4) is 5.75 Å². The molecule has 0 fully saturated rings. The van der Waals surface area contributed by atoms with Crippen LogP contribution in [0.4, 0.5) is 4.39 Å². The van der Waals surface area contributed by atoms with Gasteiger partial charge >= 0.3 is 0 Å². The molecule has 0 saturated heterocycles. The molecule has 0 saturated carbocycles. The molecule has 24 heavy (non-hydrogen) atoms. The number of thioether (sulfide) groups is 1. The fourth-order valence-electron chi connectivity index (χ4n) is 2.29. The lowest BCUT2D eigenvalue weighted by atomic mass is 10.2. The number of hydrogen-bond donors (Lipinski definition) is 0. The number of para-hydroxylation sites is 1. The molecule has 1 unspecified atom stereocenters. The van der Waals surface area contributed by atoms with Crippen LogP contribution < -0.4 is 4.74 Å². The maximum atomic E-state index is 12.9. The van der Waals surface area contributed by atoms with Crippen LogP contribution in [0.15, 0.2) is 59.8 Å². The Hall–Kier alpha value is -2.34. The first-order valence-corrected chi connectivity index (χ1v) is 8.60. The average Bonchev–Trinajstić information content (AvgIpc) is 2.96. The van der Waals surface area contributed by atoms with Gasteiger partial charge in [0.15, 0.2) is 17.1 Å². The van der Waals surface area contributed by atoms with Crippen LogP contribution >= 0.6 is 11.8 Å². The monoisotopic (exact) mass is 343 g/mol. The molecule has 1 atom stereocenters. The Bertz CT molecular complexity index is 790. The van der Waals surface area contributed by atoms with Gasteiger partial charge in [0, 0.05) is 12.8 Å². The highest BCUT2D eigenvalue weighted by Gasteiger charge is 2.17. The summed E-state index contributed by atoms with van der Waals surface area (Å²) in [6.07, 6.45) is -0.204. The SMILES string of the molecule is CC(Oc1ccccc1)c1nnc(SCc2ccc(F)cc2)n1C. The van der Waals surface area contributed by atoms with Crippen molar-refractivity contribution in [1.29, 1.82) is 0 Å². The zero-order valence-electron chi connectivity index (χ0n) is 13.5. The van der Waals surface area contributed by atoms with Gasteiger partial charge in [-0.05, 0) is 36.8 Å². The molecule has 1 heterocycles. The number of ether oxygens (including phenoxy) is 1. The van der Waals surface area contributed by atoms with E-state index >= 15 is 0 Å². The van der Waals surface area contributed by atoms with E-state index in [1.54, 1.807) is 23.9 Å². The van der Waals surface area contributed by atoms with Gasteiger partial charge in [-0.25, -0.2) is 4.39 Å². The number of aromatic nitrogens is 3. The van der Waals surface area contributed by atoms with Crippen molar-refractivity contribution in [1.82, 2.24) is 14.8 Å². The lowest BCUT2D eigenvalue weighted by Gasteiger charge is -2.14. The molecule has 4 nitrogen and oxygen atoms in total. The van der Waals surface area contributed by atoms with Crippen molar-refractivity contribution in [2.75, 3.05) is 0 Å². The summed E-state index contributed by atoms with van der Waals surface area (Å²) in [5.41, 5.74) is 1.04. The van der Waals surface area contributed by atoms with E-state index in [1.807, 2.05) is 48.9 Å². The Labute approximate surface area is 144 Å². The van der Waals surface area contributed by atoms with E-state index in [2.05, 4.69) is 10.2 Å². The molecule has 3 aromatic rings. The summed E-state index contributed by atoms with van der Waals surface area (Å²) in [6.45, 7) is 1.95. The van der Waals surface area contributed by atoms with Gasteiger partial charge in [0.25, 0.3) is 0 Å². The Balaban J connectivity index is 1.65. The second-order valence-electron chi connectivity index (χ2n) is 5.39. The van der Waals surface area contributed by atoms with Gasteiger partial charge in [0.1, 0.15) is 11.6 Å². The molecule has 0 spiro atoms. The van der Waals surface area contributed by atoms with Gasteiger partial charge in [-0.2, -0.15) is 0 Å². The van der Waals surface area contributed by atoms with Gasteiger partial charge < -0.3 is 9.30 Å². The quantitative estimate of drug-likeness (QED) is 0.623. The lowest BCUT2D eigenvalue weighted by Crippen LogP contribution is -2.10. The molecule has 124 valence electrons. The van der Waals surface area contributed by atoms with E-state index in [0.717, 1.165) is 22.3 Å². The van der Waals surface area contributed by atoms with Crippen LogP contribution in [-0.2, 0) is 12.8 Å². The molecular formula is C18H18FN3OS. The second-order valence-corrected chi connectivity index (χ2v) is 6.33. The standard InChI is InChI=1S/C18H18FN3OS/c1-13(23-16-6-4-3-5-7-16)17-20-21-18(22(17)2)24-12-14-8-10-15(19)11-9-14/h3-11,13H,12H2,1-2H3. The molecular weight excluding hydrogens is 325 g/mol. The summed E-state index contributed by atoms with van der Waals surface area (Å²) in [5, 5.41) is 9.28. The number of nitrogens with zero attached hydrogens (tertiary/aromatic N) is 3. The summed E-state index contributed by atoms with van der Waals surface area (Å²) < 4.78 is 20.8. The third-order valence-corrected chi connectivity index (χ3v) is 4.66. The van der Waals surface area contributed by atoms with Crippen molar-refractivity contribution in [2.45, 2.75) is 23.9 Å². The number of halogens is 1. The molecule has 0 amide bonds. The predicted octanol–water partition coefficient (Wildman–Crippen LogP) is 4.39. The topological polar surface area (TPSA) is 39.9 Å². The highest BCUT2D eigenvalue weighted by molar-refractivity contribution is 7.98. The zero-order chi connectivity index (χ0) is 16.9. The largest absolute Gasteiger partial charge is 0.483 e. The summed E-state index contributed by atoms with van der Waals surface area (Å²) in [4.78, 5) is 0. The van der Waals surface area contributed by atoms with Gasteiger partial charge in [0.2, 0.25) is 0 Å². The highest BCUT2D eigenvalue weighted by Crippen LogP contribution is 2.25. The first-order valence-electron chi connectivity index (χ1n) is 7.61. The maximum absolute atomic E-state index is 12.9. The van der Waals surface area contributed by atoms with E-state index in [1.165, 1.54) is 12.1 Å². The molecule has 3 rings (SSSR count). The maximum Gasteiger partial charge on any atom is 0.191 e. The minimum Gasteiger partial charge on any atom is -0.483 e. The Morgan fingerprint density at radius 2 is 1.79 bits per heavy atom. The Kier molecular flexibility index (Phi) is 5.15. The van der Waals surface area contributed by atoms with Gasteiger partial charge in [-0.1, -0.05) is 42.1 Å². The van der Waals surface area contributed by atoms with Gasteiger partial charge in [0.05, 0.1) is 0 Å². The zero-order valence-corrected chi connectivity index (χ0v) is 14.3. The lowest BCUT2D eigenvalue weighted by molar-refractivity contribution is 0.211. The van der Waals surface area contributed by atoms with Crippen molar-refractivity contribution in [3.05, 3.63) is 71.8 Å². The van der Waals surface area contributed by atoms with Crippen molar-refractivity contribution in [3.63, 3.8) is 0 Å². The Morgan fingerprint density at radius 3 is 2.50 bits per heavy atom. The predicted molar refractivity (Wildman–Crippen MR) is 92.4 cm³/mol. The first kappa shape index (κ1) is 16.5. The van der Waals surface area contributed by atoms with Gasteiger partial charge in [-0.3, -0.25) is 0 Å². The normalized spacial score (nSPS) is 12.1. The summed E-state index contributed by atoms with van der Waals surface area (Å²) in [5.74, 6) is 2.05. The van der Waals surface area contributed by atoms with Crippen LogP contribution in [0.3, 0.4) is 0 Å². The number of rotatable bonds is 6. The van der Waals surface area contributed by atoms with E-state index in [0.29, 0.717) is 5.75 Å². The molecule has 6 heteroatoms. The van der Waals surface area contributed by atoms with Crippen molar-refractivity contribution in [2.24, 2.45) is 7.05 Å². The van der Waals surface area contributed by atoms with E-state index in [-0.39, 0.29) is 11.9 Å². The van der Waals surface area contributed by atoms with E-state index < -0.39 is 0 Å². The molecule has 0 aliphatic carbocycles. The number of hydrogen-bond acceptors (Lipinski definition) is 4. The smallest absolute Gasteiger partial charge is 0.191 e. The third kappa shape index (κ3) is 3.94. The van der Waals surface area contributed by atoms with Crippen LogP contribution in [0.2, 0.25) is 0 Å². The highest BCUT2D eigenvalue weighted by atomic mass is 32.2. The second kappa shape index (κ2) is 7.49. The molecule has 0 aliphatic rings. The van der Waals surface area contributed by atoms with Crippen molar-refractivity contribution >= 4 is 11.8 Å². The Morgan fingerprint density at radius 1 is 1.08 bits per heavy atom. The van der Waals surface area contributed by atoms with Crippen LogP contribution in [-0.4, -0.2) is 14.8 Å². The van der Waals surface area contributed by atoms with Crippen LogP contribution in [0.5, 0.6) is 5.75 Å². The minimum absolute atomic E-state index is 0.204. The molecule has 1 aromatic heterocycles. The van der Waals surface area contributed by atoms with Gasteiger partial charge in [-0.15, -0.1) is 10.2 Å². The fourth-order valence-corrected chi connectivity index (χ4v) is 3.16. The van der Waals surface area contributed by atoms with Crippen LogP contribution in [0, 0.1) is 5.82 Å². The number of benzene rings is 2. The molecule has 0 radical (unpaired) electrons. The molecule has 0 N–H and O–H groups in total. The molecule has 0 aliphatic heterocycles. The first-order chi connectivity index (χ1) is 11.6. The van der Waals surface area contributed by atoms with E-state index in [9.17, 15) is 4.39 Å². The third-order valence-electron chi connectivity index (χ3n) is 3.57. The summed E-state index contributed by atoms with van der Waals surface area (Å²) in [7, 11) is 1.92. The molecule has 2 aromatic carbocycles. The van der Waals surface area contributed by atoms with Crippen LogP contribution in [0.1, 0.15) is 24.4 Å². The minimum atomic E-state index is -0.225. The van der Waals surface area contributed by atoms with Crippen molar-refractivity contribution < 1.29 is 9.13 Å².